The molecule has 154 valence electrons. The molecular formula is C26H32O2S. The van der Waals surface area contributed by atoms with Crippen molar-refractivity contribution >= 4 is 11.3 Å². The molecule has 0 saturated carbocycles. The third-order valence-corrected chi connectivity index (χ3v) is 6.41. The second kappa shape index (κ2) is 7.21. The zero-order valence-electron chi connectivity index (χ0n) is 18.8. The Bertz CT molecular complexity index is 976. The van der Waals surface area contributed by atoms with Gasteiger partial charge in [-0.05, 0) is 60.1 Å². The van der Waals surface area contributed by atoms with E-state index in [2.05, 4.69) is 67.5 Å². The SMILES string of the molecule is Cc1cc(-c2ccc(-c3cc(C)cc(C(C)(C)C)c3O)s2)c(O)c(C(C)(C)C)c1. The smallest absolute Gasteiger partial charge is 0.127 e. The first-order valence-corrected chi connectivity index (χ1v) is 10.9. The molecule has 0 bridgehead atoms. The molecule has 0 saturated heterocycles. The lowest BCUT2D eigenvalue weighted by Gasteiger charge is -2.23. The molecule has 0 radical (unpaired) electrons. The van der Waals surface area contributed by atoms with E-state index in [1.807, 2.05) is 24.3 Å². The number of aromatic hydroxyl groups is 2. The van der Waals surface area contributed by atoms with Crippen LogP contribution in [0.1, 0.15) is 63.8 Å². The Morgan fingerprint density at radius 1 is 0.621 bits per heavy atom. The predicted octanol–water partition coefficient (Wildman–Crippen LogP) is 7.71. The van der Waals surface area contributed by atoms with Crippen molar-refractivity contribution in [3.05, 3.63) is 58.7 Å². The van der Waals surface area contributed by atoms with Gasteiger partial charge in [-0.15, -0.1) is 11.3 Å². The van der Waals surface area contributed by atoms with E-state index in [4.69, 9.17) is 0 Å². The normalized spacial score (nSPS) is 12.4. The van der Waals surface area contributed by atoms with Crippen molar-refractivity contribution in [3.63, 3.8) is 0 Å². The van der Waals surface area contributed by atoms with Crippen molar-refractivity contribution in [2.75, 3.05) is 0 Å². The van der Waals surface area contributed by atoms with Gasteiger partial charge >= 0.3 is 0 Å². The number of aryl methyl sites for hydroxylation is 2. The Hall–Kier alpha value is -2.26. The highest BCUT2D eigenvalue weighted by molar-refractivity contribution is 7.18. The fourth-order valence-electron chi connectivity index (χ4n) is 3.70. The summed E-state index contributed by atoms with van der Waals surface area (Å²) >= 11 is 1.60. The molecule has 2 N–H and O–H groups in total. The lowest BCUT2D eigenvalue weighted by atomic mass is 9.84. The molecule has 0 aliphatic rings. The first-order chi connectivity index (χ1) is 13.3. The fourth-order valence-corrected chi connectivity index (χ4v) is 4.74. The predicted molar refractivity (Wildman–Crippen MR) is 125 cm³/mol. The van der Waals surface area contributed by atoms with Gasteiger partial charge in [0.1, 0.15) is 11.5 Å². The Labute approximate surface area is 178 Å². The summed E-state index contributed by atoms with van der Waals surface area (Å²) in [5.41, 5.74) is 5.61. The molecule has 2 nitrogen and oxygen atoms in total. The van der Waals surface area contributed by atoms with Crippen LogP contribution in [0.4, 0.5) is 0 Å². The third-order valence-electron chi connectivity index (χ3n) is 5.26. The molecule has 0 atom stereocenters. The highest BCUT2D eigenvalue weighted by atomic mass is 32.1. The number of hydrogen-bond acceptors (Lipinski definition) is 3. The Balaban J connectivity index is 2.15. The van der Waals surface area contributed by atoms with Crippen LogP contribution < -0.4 is 0 Å². The highest BCUT2D eigenvalue weighted by Crippen LogP contribution is 2.46. The van der Waals surface area contributed by atoms with Crippen molar-refractivity contribution in [2.24, 2.45) is 0 Å². The van der Waals surface area contributed by atoms with Crippen LogP contribution in [0.25, 0.3) is 20.9 Å². The first-order valence-electron chi connectivity index (χ1n) is 10.1. The van der Waals surface area contributed by atoms with E-state index in [1.165, 1.54) is 0 Å². The molecule has 3 heteroatoms. The molecule has 0 unspecified atom stereocenters. The minimum Gasteiger partial charge on any atom is -0.507 e. The second-order valence-electron chi connectivity index (χ2n) is 10.1. The fraction of sp³-hybridized carbons (Fsp3) is 0.385. The molecule has 1 aromatic heterocycles. The Morgan fingerprint density at radius 3 is 1.28 bits per heavy atom. The summed E-state index contributed by atoms with van der Waals surface area (Å²) in [6, 6.07) is 12.3. The minimum absolute atomic E-state index is 0.138. The molecule has 0 aliphatic heterocycles. The average Bonchev–Trinajstić information content (AvgIpc) is 3.06. The molecule has 0 fully saturated rings. The second-order valence-corrected chi connectivity index (χ2v) is 11.2. The molecule has 3 rings (SSSR count). The molecule has 0 spiro atoms. The van der Waals surface area contributed by atoms with E-state index < -0.39 is 0 Å². The number of benzene rings is 2. The molecule has 29 heavy (non-hydrogen) atoms. The zero-order valence-corrected chi connectivity index (χ0v) is 19.6. The van der Waals surface area contributed by atoms with Gasteiger partial charge in [0.05, 0.1) is 0 Å². The lowest BCUT2D eigenvalue weighted by molar-refractivity contribution is 0.448. The largest absolute Gasteiger partial charge is 0.507 e. The zero-order chi connectivity index (χ0) is 21.7. The quantitative estimate of drug-likeness (QED) is 0.456. The van der Waals surface area contributed by atoms with Crippen molar-refractivity contribution in [3.8, 4) is 32.4 Å². The standard InChI is InChI=1S/C26H32O2S/c1-15-11-17(23(27)19(13-15)25(3,4)5)21-9-10-22(29-21)18-12-16(2)14-20(24(18)28)26(6,7)8/h9-14,27-28H,1-8H3. The van der Waals surface area contributed by atoms with Crippen LogP contribution in [0.15, 0.2) is 36.4 Å². The maximum Gasteiger partial charge on any atom is 0.127 e. The molecule has 0 amide bonds. The van der Waals surface area contributed by atoms with Gasteiger partial charge in [0.25, 0.3) is 0 Å². The maximum absolute atomic E-state index is 11.0. The van der Waals surface area contributed by atoms with Gasteiger partial charge in [-0.2, -0.15) is 0 Å². The molecular weight excluding hydrogens is 376 g/mol. The van der Waals surface area contributed by atoms with Crippen molar-refractivity contribution < 1.29 is 10.2 Å². The summed E-state index contributed by atoms with van der Waals surface area (Å²) < 4.78 is 0. The van der Waals surface area contributed by atoms with E-state index in [0.29, 0.717) is 11.5 Å². The monoisotopic (exact) mass is 408 g/mol. The van der Waals surface area contributed by atoms with E-state index in [-0.39, 0.29) is 10.8 Å². The number of thiophene rings is 1. The van der Waals surface area contributed by atoms with E-state index >= 15 is 0 Å². The van der Waals surface area contributed by atoms with Gasteiger partial charge in [-0.3, -0.25) is 0 Å². The van der Waals surface area contributed by atoms with Gasteiger partial charge < -0.3 is 10.2 Å². The number of phenolic OH excluding ortho intramolecular Hbond substituents is 2. The molecule has 2 aromatic carbocycles. The minimum atomic E-state index is -0.138. The molecule has 1 heterocycles. The summed E-state index contributed by atoms with van der Waals surface area (Å²) in [5.74, 6) is 0.695. The Morgan fingerprint density at radius 2 is 0.966 bits per heavy atom. The van der Waals surface area contributed by atoms with Gasteiger partial charge in [0, 0.05) is 32.0 Å². The van der Waals surface area contributed by atoms with Gasteiger partial charge in [0.2, 0.25) is 0 Å². The van der Waals surface area contributed by atoms with Crippen LogP contribution in [-0.4, -0.2) is 10.2 Å². The van der Waals surface area contributed by atoms with Crippen LogP contribution in [0.2, 0.25) is 0 Å². The maximum atomic E-state index is 11.0. The van der Waals surface area contributed by atoms with E-state index in [0.717, 1.165) is 43.1 Å². The van der Waals surface area contributed by atoms with Gasteiger partial charge in [-0.25, -0.2) is 0 Å². The molecule has 3 aromatic rings. The lowest BCUT2D eigenvalue weighted by Crippen LogP contribution is -2.12. The van der Waals surface area contributed by atoms with E-state index in [9.17, 15) is 10.2 Å². The highest BCUT2D eigenvalue weighted by Gasteiger charge is 2.24. The van der Waals surface area contributed by atoms with Crippen LogP contribution in [0, 0.1) is 13.8 Å². The summed E-state index contributed by atoms with van der Waals surface area (Å²) in [5, 5.41) is 22.0. The van der Waals surface area contributed by atoms with Gasteiger partial charge in [0.15, 0.2) is 0 Å². The molecule has 0 aliphatic carbocycles. The average molecular weight is 409 g/mol. The summed E-state index contributed by atoms with van der Waals surface area (Å²) in [6.45, 7) is 16.8. The summed E-state index contributed by atoms with van der Waals surface area (Å²) in [4.78, 5) is 2.01. The third kappa shape index (κ3) is 4.20. The van der Waals surface area contributed by atoms with Crippen LogP contribution in [-0.2, 0) is 10.8 Å². The number of rotatable bonds is 2. The number of phenols is 2. The van der Waals surface area contributed by atoms with Crippen LogP contribution in [0.5, 0.6) is 11.5 Å². The summed E-state index contributed by atoms with van der Waals surface area (Å²) in [6.07, 6.45) is 0. The van der Waals surface area contributed by atoms with E-state index in [1.54, 1.807) is 11.3 Å². The van der Waals surface area contributed by atoms with Gasteiger partial charge in [-0.1, -0.05) is 53.7 Å². The summed E-state index contributed by atoms with van der Waals surface area (Å²) in [7, 11) is 0. The van der Waals surface area contributed by atoms with Crippen LogP contribution >= 0.6 is 11.3 Å². The van der Waals surface area contributed by atoms with Crippen molar-refractivity contribution in [1.29, 1.82) is 0 Å². The first kappa shape index (κ1) is 21.4. The van der Waals surface area contributed by atoms with Crippen molar-refractivity contribution in [1.82, 2.24) is 0 Å². The number of hydrogen-bond donors (Lipinski definition) is 2. The van der Waals surface area contributed by atoms with Crippen molar-refractivity contribution in [2.45, 2.75) is 66.2 Å². The topological polar surface area (TPSA) is 40.5 Å². The van der Waals surface area contributed by atoms with Crippen LogP contribution in [0.3, 0.4) is 0 Å². The Kier molecular flexibility index (Phi) is 5.33.